The van der Waals surface area contributed by atoms with Crippen LogP contribution < -0.4 is 4.74 Å². The number of benzene rings is 2. The summed E-state index contributed by atoms with van der Waals surface area (Å²) in [5.74, 6) is -0.448. The highest BCUT2D eigenvalue weighted by molar-refractivity contribution is 7.91. The number of esters is 1. The standard InChI is InChI=1S/C31H34FN3O5S/c1-7-39-29(36)17-22-9-8-20(2)14-28(22)40-19-21-15-25(23-11-13-35(6)27(23)16-21)24-10-12-33-26(30(24)32)18-34-41(37,38)31(3,4)5/h8-16,18H,7,17,19H2,1-6H3. The Hall–Kier alpha value is -4.05. The molecule has 10 heteroatoms. The van der Waals surface area contributed by atoms with Crippen LogP contribution in [0.5, 0.6) is 5.75 Å². The summed E-state index contributed by atoms with van der Waals surface area (Å²) in [5.41, 5.74) is 4.01. The van der Waals surface area contributed by atoms with E-state index < -0.39 is 20.6 Å². The van der Waals surface area contributed by atoms with Crippen LogP contribution in [0.3, 0.4) is 0 Å². The SMILES string of the molecule is CCOC(=O)Cc1ccc(C)cc1OCc1cc(-c2ccnc(C=NS(=O)(=O)C(C)(C)C)c2F)c2ccn(C)c2c1. The van der Waals surface area contributed by atoms with Gasteiger partial charge in [0.15, 0.2) is 5.82 Å². The lowest BCUT2D eigenvalue weighted by atomic mass is 9.98. The Morgan fingerprint density at radius 1 is 1.12 bits per heavy atom. The van der Waals surface area contributed by atoms with E-state index in [0.29, 0.717) is 23.5 Å². The molecule has 0 aliphatic rings. The summed E-state index contributed by atoms with van der Waals surface area (Å²) < 4.78 is 56.5. The second-order valence-electron chi connectivity index (χ2n) is 10.8. The van der Waals surface area contributed by atoms with Crippen molar-refractivity contribution >= 4 is 33.1 Å². The monoisotopic (exact) mass is 579 g/mol. The molecular formula is C31H34FN3O5S. The summed E-state index contributed by atoms with van der Waals surface area (Å²) in [6.07, 6.45) is 4.35. The number of aryl methyl sites for hydroxylation is 2. The van der Waals surface area contributed by atoms with Gasteiger partial charge in [-0.25, -0.2) is 12.8 Å². The summed E-state index contributed by atoms with van der Waals surface area (Å²) in [7, 11) is -1.97. The number of nitrogens with zero attached hydrogens (tertiary/aromatic N) is 3. The van der Waals surface area contributed by atoms with Crippen LogP contribution in [0.4, 0.5) is 4.39 Å². The lowest BCUT2D eigenvalue weighted by Crippen LogP contribution is -2.25. The van der Waals surface area contributed by atoms with Crippen LogP contribution >= 0.6 is 0 Å². The van der Waals surface area contributed by atoms with Crippen molar-refractivity contribution in [3.63, 3.8) is 0 Å². The zero-order valence-electron chi connectivity index (χ0n) is 24.1. The fourth-order valence-electron chi connectivity index (χ4n) is 4.24. The maximum absolute atomic E-state index is 15.8. The van der Waals surface area contributed by atoms with Gasteiger partial charge in [-0.05, 0) is 81.6 Å². The van der Waals surface area contributed by atoms with Gasteiger partial charge in [0, 0.05) is 41.5 Å². The second kappa shape index (κ2) is 11.8. The summed E-state index contributed by atoms with van der Waals surface area (Å²) in [6.45, 7) is 8.73. The van der Waals surface area contributed by atoms with Gasteiger partial charge in [0.1, 0.15) is 18.1 Å². The Bertz CT molecular complexity index is 1740. The van der Waals surface area contributed by atoms with Crippen LogP contribution in [0.15, 0.2) is 59.3 Å². The van der Waals surface area contributed by atoms with E-state index in [1.807, 2.05) is 61.1 Å². The van der Waals surface area contributed by atoms with E-state index in [4.69, 9.17) is 9.47 Å². The van der Waals surface area contributed by atoms with Crippen LogP contribution in [-0.4, -0.2) is 41.5 Å². The van der Waals surface area contributed by atoms with Crippen molar-refractivity contribution in [2.75, 3.05) is 6.61 Å². The number of aromatic nitrogens is 2. The summed E-state index contributed by atoms with van der Waals surface area (Å²) >= 11 is 0. The highest BCUT2D eigenvalue weighted by Gasteiger charge is 2.28. The van der Waals surface area contributed by atoms with E-state index in [0.717, 1.165) is 28.2 Å². The molecule has 0 aliphatic heterocycles. The molecule has 216 valence electrons. The van der Waals surface area contributed by atoms with Gasteiger partial charge in [0.05, 0.1) is 24.0 Å². The number of carbonyl (C=O) groups is 1. The number of halogens is 1. The number of rotatable bonds is 9. The minimum absolute atomic E-state index is 0.0863. The number of fused-ring (bicyclic) bond motifs is 1. The van der Waals surface area contributed by atoms with Crippen molar-refractivity contribution in [2.24, 2.45) is 11.4 Å². The largest absolute Gasteiger partial charge is 0.489 e. The van der Waals surface area contributed by atoms with E-state index in [-0.39, 0.29) is 30.3 Å². The first-order valence-electron chi connectivity index (χ1n) is 13.2. The molecule has 0 amide bonds. The molecule has 2 aromatic carbocycles. The second-order valence-corrected chi connectivity index (χ2v) is 13.1. The van der Waals surface area contributed by atoms with Crippen molar-refractivity contribution in [2.45, 2.75) is 52.4 Å². The van der Waals surface area contributed by atoms with Gasteiger partial charge in [-0.2, -0.15) is 4.40 Å². The Kier molecular flexibility index (Phi) is 8.63. The quantitative estimate of drug-likeness (QED) is 0.180. The molecule has 0 fully saturated rings. The molecule has 0 bridgehead atoms. The van der Waals surface area contributed by atoms with Crippen LogP contribution in [0.2, 0.25) is 0 Å². The lowest BCUT2D eigenvalue weighted by molar-refractivity contribution is -0.142. The molecule has 41 heavy (non-hydrogen) atoms. The topological polar surface area (TPSA) is 99.8 Å². The van der Waals surface area contributed by atoms with Crippen LogP contribution in [-0.2, 0) is 39.6 Å². The van der Waals surface area contributed by atoms with E-state index in [1.54, 1.807) is 13.0 Å². The van der Waals surface area contributed by atoms with Crippen molar-refractivity contribution in [3.8, 4) is 16.9 Å². The summed E-state index contributed by atoms with van der Waals surface area (Å²) in [4.78, 5) is 16.2. The lowest BCUT2D eigenvalue weighted by Gasteiger charge is -2.15. The first kappa shape index (κ1) is 29.9. The summed E-state index contributed by atoms with van der Waals surface area (Å²) in [6, 6.07) is 12.9. The Morgan fingerprint density at radius 3 is 2.59 bits per heavy atom. The molecular weight excluding hydrogens is 545 g/mol. The van der Waals surface area contributed by atoms with Crippen molar-refractivity contribution in [3.05, 3.63) is 83.1 Å². The van der Waals surface area contributed by atoms with Gasteiger partial charge in [-0.1, -0.05) is 12.1 Å². The van der Waals surface area contributed by atoms with Crippen molar-refractivity contribution in [1.29, 1.82) is 0 Å². The molecule has 8 nitrogen and oxygen atoms in total. The summed E-state index contributed by atoms with van der Waals surface area (Å²) in [5, 5.41) is 0.810. The molecule has 0 saturated carbocycles. The molecule has 0 atom stereocenters. The Balaban J connectivity index is 1.72. The molecule has 0 radical (unpaired) electrons. The molecule has 0 saturated heterocycles. The van der Waals surface area contributed by atoms with Gasteiger partial charge in [-0.15, -0.1) is 0 Å². The number of sulfonamides is 1. The molecule has 0 spiro atoms. The fraction of sp³-hybridized carbons (Fsp3) is 0.323. The number of pyridine rings is 1. The van der Waals surface area contributed by atoms with E-state index in [2.05, 4.69) is 9.38 Å². The maximum Gasteiger partial charge on any atom is 0.310 e. The fourth-order valence-corrected chi connectivity index (χ4v) is 4.80. The molecule has 0 unspecified atom stereocenters. The number of hydrogen-bond acceptors (Lipinski definition) is 6. The predicted molar refractivity (Wildman–Crippen MR) is 158 cm³/mol. The highest BCUT2D eigenvalue weighted by atomic mass is 32.2. The number of carbonyl (C=O) groups excluding carboxylic acids is 1. The normalized spacial score (nSPS) is 12.3. The molecule has 4 rings (SSSR count). The number of ether oxygens (including phenoxy) is 2. The van der Waals surface area contributed by atoms with E-state index in [9.17, 15) is 13.2 Å². The minimum atomic E-state index is -3.87. The predicted octanol–water partition coefficient (Wildman–Crippen LogP) is 5.92. The third-order valence-electron chi connectivity index (χ3n) is 6.61. The average Bonchev–Trinajstić information content (AvgIpc) is 3.28. The highest BCUT2D eigenvalue weighted by Crippen LogP contribution is 2.34. The molecule has 4 aromatic rings. The van der Waals surface area contributed by atoms with Crippen LogP contribution in [0.1, 0.15) is 50.1 Å². The van der Waals surface area contributed by atoms with Crippen LogP contribution in [0, 0.1) is 12.7 Å². The average molecular weight is 580 g/mol. The van der Waals surface area contributed by atoms with Crippen molar-refractivity contribution in [1.82, 2.24) is 9.55 Å². The minimum Gasteiger partial charge on any atom is -0.489 e. The molecule has 0 aliphatic carbocycles. The smallest absolute Gasteiger partial charge is 0.310 e. The maximum atomic E-state index is 15.8. The van der Waals surface area contributed by atoms with E-state index in [1.165, 1.54) is 27.0 Å². The Morgan fingerprint density at radius 2 is 1.88 bits per heavy atom. The zero-order chi connectivity index (χ0) is 29.9. The first-order chi connectivity index (χ1) is 19.3. The van der Waals surface area contributed by atoms with Crippen molar-refractivity contribution < 1.29 is 27.1 Å². The third kappa shape index (κ3) is 6.65. The van der Waals surface area contributed by atoms with Gasteiger partial charge >= 0.3 is 5.97 Å². The molecule has 2 aromatic heterocycles. The van der Waals surface area contributed by atoms with Gasteiger partial charge in [-0.3, -0.25) is 9.78 Å². The third-order valence-corrected chi connectivity index (χ3v) is 8.54. The first-order valence-corrected chi connectivity index (χ1v) is 14.7. The molecule has 0 N–H and O–H groups in total. The van der Waals surface area contributed by atoms with Gasteiger partial charge < -0.3 is 14.0 Å². The van der Waals surface area contributed by atoms with E-state index >= 15 is 4.39 Å². The number of hydrogen-bond donors (Lipinski definition) is 0. The molecule has 2 heterocycles. The Labute approximate surface area is 239 Å². The zero-order valence-corrected chi connectivity index (χ0v) is 24.9. The van der Waals surface area contributed by atoms with Gasteiger partial charge in [0.2, 0.25) is 0 Å². The van der Waals surface area contributed by atoms with Crippen LogP contribution in [0.25, 0.3) is 22.0 Å². The van der Waals surface area contributed by atoms with Gasteiger partial charge in [0.25, 0.3) is 10.0 Å².